The van der Waals surface area contributed by atoms with Crippen LogP contribution in [0, 0.1) is 5.92 Å². The molecular formula is C22H27N5OS. The molecule has 0 saturated heterocycles. The van der Waals surface area contributed by atoms with E-state index in [0.29, 0.717) is 0 Å². The van der Waals surface area contributed by atoms with Crippen molar-refractivity contribution >= 4 is 22.7 Å². The van der Waals surface area contributed by atoms with E-state index in [9.17, 15) is 4.79 Å². The van der Waals surface area contributed by atoms with Gasteiger partial charge in [0.1, 0.15) is 5.69 Å². The number of benzene rings is 1. The summed E-state index contributed by atoms with van der Waals surface area (Å²) in [5.74, 6) is 0.891. The normalized spacial score (nSPS) is 24.2. The fourth-order valence-corrected chi connectivity index (χ4v) is 5.24. The Hall–Kier alpha value is -2.12. The molecule has 0 spiro atoms. The molecule has 2 aromatic heterocycles. The molecule has 0 radical (unpaired) electrons. The highest BCUT2D eigenvalue weighted by atomic mass is 32.2. The van der Waals surface area contributed by atoms with Crippen molar-refractivity contribution in [1.82, 2.24) is 24.3 Å². The van der Waals surface area contributed by atoms with Crippen LogP contribution in [-0.4, -0.2) is 24.3 Å². The summed E-state index contributed by atoms with van der Waals surface area (Å²) in [6.07, 6.45) is 7.63. The Labute approximate surface area is 174 Å². The lowest BCUT2D eigenvalue weighted by Gasteiger charge is -2.61. The molecule has 3 saturated carbocycles. The molecule has 3 aliphatic rings. The van der Waals surface area contributed by atoms with Gasteiger partial charge in [-0.15, -0.1) is 5.10 Å². The molecule has 0 aliphatic heterocycles. The minimum Gasteiger partial charge on any atom is -0.318 e. The average Bonchev–Trinajstić information content (AvgIpc) is 3.04. The van der Waals surface area contributed by atoms with Crippen molar-refractivity contribution in [1.29, 1.82) is 0 Å². The second kappa shape index (κ2) is 6.44. The molecule has 0 amide bonds. The van der Waals surface area contributed by atoms with Crippen molar-refractivity contribution < 1.29 is 0 Å². The first-order valence-corrected chi connectivity index (χ1v) is 11.0. The third-order valence-electron chi connectivity index (χ3n) is 6.25. The summed E-state index contributed by atoms with van der Waals surface area (Å²) >= 11 is 1.68. The summed E-state index contributed by atoms with van der Waals surface area (Å²) in [5.41, 5.74) is 2.19. The molecular weight excluding hydrogens is 382 g/mol. The molecule has 2 heterocycles. The number of nitrogens with one attached hydrogen (secondary N) is 1. The fourth-order valence-electron chi connectivity index (χ4n) is 4.52. The minimum atomic E-state index is -0.142. The Morgan fingerprint density at radius 2 is 1.97 bits per heavy atom. The van der Waals surface area contributed by atoms with Crippen LogP contribution in [0.2, 0.25) is 0 Å². The molecule has 2 bridgehead atoms. The lowest BCUT2D eigenvalue weighted by Crippen LogP contribution is -2.59. The van der Waals surface area contributed by atoms with Crippen LogP contribution in [0.5, 0.6) is 0 Å². The Morgan fingerprint density at radius 3 is 2.62 bits per heavy atom. The van der Waals surface area contributed by atoms with Crippen LogP contribution in [0.15, 0.2) is 41.5 Å². The second-order valence-corrected chi connectivity index (χ2v) is 11.3. The topological polar surface area (TPSA) is 64.7 Å². The van der Waals surface area contributed by atoms with E-state index in [0.717, 1.165) is 27.9 Å². The molecule has 1 N–H and O–H groups in total. The molecule has 3 aromatic rings. The lowest BCUT2D eigenvalue weighted by molar-refractivity contribution is -0.0989. The highest BCUT2D eigenvalue weighted by Gasteiger charge is 2.58. The minimum absolute atomic E-state index is 0.0177. The number of pyridine rings is 1. The van der Waals surface area contributed by atoms with Crippen molar-refractivity contribution in [3.05, 3.63) is 58.3 Å². The van der Waals surface area contributed by atoms with Crippen molar-refractivity contribution in [2.75, 3.05) is 0 Å². The molecule has 1 aromatic carbocycles. The number of fused-ring (bicyclic) bond motifs is 1. The maximum Gasteiger partial charge on any atom is 0.258 e. The summed E-state index contributed by atoms with van der Waals surface area (Å²) in [6.45, 7) is 6.54. The summed E-state index contributed by atoms with van der Waals surface area (Å²) in [4.78, 5) is 12.6. The number of nitrogens with zero attached hydrogens (tertiary/aromatic N) is 4. The van der Waals surface area contributed by atoms with Gasteiger partial charge in [-0.2, -0.15) is 0 Å². The lowest BCUT2D eigenvalue weighted by atomic mass is 9.50. The van der Waals surface area contributed by atoms with E-state index in [2.05, 4.69) is 52.8 Å². The first-order chi connectivity index (χ1) is 13.8. The molecule has 6 nitrogen and oxygen atoms in total. The monoisotopic (exact) mass is 409 g/mol. The Kier molecular flexibility index (Phi) is 4.19. The summed E-state index contributed by atoms with van der Waals surface area (Å²) < 4.78 is 7.38. The standard InChI is InChI=1S/C22H27N5OS/c1-21(2,3)29-24-19(18-13-27(25-23-18)22-10-14(11-22)12-22)16-6-5-7-17-15(16)8-9-26(4)20(17)28/h5-9,13-14,19,24H,10-12H2,1-4H3/t14?,19-,22?/m1/s1. The maximum absolute atomic E-state index is 12.6. The van der Waals surface area contributed by atoms with Crippen molar-refractivity contribution in [2.24, 2.45) is 13.0 Å². The SMILES string of the molecule is Cn1ccc2c([C@@H](NSC(C)(C)C)c3cn(C45CC(C4)C5)nn3)cccc2c1=O. The first kappa shape index (κ1) is 18.9. The van der Waals surface area contributed by atoms with E-state index >= 15 is 0 Å². The number of hydrogen-bond donors (Lipinski definition) is 1. The van der Waals surface area contributed by atoms with Gasteiger partial charge in [-0.3, -0.25) is 4.79 Å². The van der Waals surface area contributed by atoms with Crippen LogP contribution in [0.1, 0.15) is 57.3 Å². The number of aromatic nitrogens is 4. The molecule has 0 unspecified atom stereocenters. The predicted octanol–water partition coefficient (Wildman–Crippen LogP) is 3.76. The van der Waals surface area contributed by atoms with E-state index in [1.807, 2.05) is 24.4 Å². The molecule has 7 heteroatoms. The quantitative estimate of drug-likeness (QED) is 0.650. The zero-order chi connectivity index (χ0) is 20.4. The van der Waals surface area contributed by atoms with Gasteiger partial charge in [0.2, 0.25) is 0 Å². The van der Waals surface area contributed by atoms with Gasteiger partial charge in [-0.25, -0.2) is 9.40 Å². The van der Waals surface area contributed by atoms with Crippen LogP contribution < -0.4 is 10.3 Å². The number of aryl methyl sites for hydroxylation is 1. The van der Waals surface area contributed by atoms with Crippen molar-refractivity contribution in [3.8, 4) is 0 Å². The zero-order valence-corrected chi connectivity index (χ0v) is 18.2. The Morgan fingerprint density at radius 1 is 1.21 bits per heavy atom. The summed E-state index contributed by atoms with van der Waals surface area (Å²) in [5, 5.41) is 10.8. The van der Waals surface area contributed by atoms with Crippen LogP contribution in [0.4, 0.5) is 0 Å². The van der Waals surface area contributed by atoms with Gasteiger partial charge in [0.15, 0.2) is 0 Å². The van der Waals surface area contributed by atoms with Crippen LogP contribution in [0.3, 0.4) is 0 Å². The highest BCUT2D eigenvalue weighted by molar-refractivity contribution is 7.98. The van der Waals surface area contributed by atoms with E-state index in [4.69, 9.17) is 0 Å². The van der Waals surface area contributed by atoms with Gasteiger partial charge >= 0.3 is 0 Å². The Balaban J connectivity index is 1.58. The average molecular weight is 410 g/mol. The third kappa shape index (κ3) is 3.11. The predicted molar refractivity (Wildman–Crippen MR) is 117 cm³/mol. The molecule has 1 atom stereocenters. The van der Waals surface area contributed by atoms with Crippen LogP contribution >= 0.6 is 11.9 Å². The van der Waals surface area contributed by atoms with Gasteiger partial charge in [-0.05, 0) is 69.0 Å². The van der Waals surface area contributed by atoms with Gasteiger partial charge in [0, 0.05) is 23.4 Å². The maximum atomic E-state index is 12.6. The second-order valence-electron chi connectivity index (χ2n) is 9.60. The highest BCUT2D eigenvalue weighted by Crippen LogP contribution is 2.61. The molecule has 29 heavy (non-hydrogen) atoms. The van der Waals surface area contributed by atoms with Crippen molar-refractivity contribution in [2.45, 2.75) is 56.4 Å². The number of rotatable bonds is 5. The van der Waals surface area contributed by atoms with Gasteiger partial charge < -0.3 is 4.57 Å². The molecule has 3 aliphatic carbocycles. The van der Waals surface area contributed by atoms with Gasteiger partial charge in [0.25, 0.3) is 5.56 Å². The zero-order valence-electron chi connectivity index (χ0n) is 17.3. The van der Waals surface area contributed by atoms with Crippen LogP contribution in [-0.2, 0) is 12.6 Å². The smallest absolute Gasteiger partial charge is 0.258 e. The largest absolute Gasteiger partial charge is 0.318 e. The summed E-state index contributed by atoms with van der Waals surface area (Å²) in [7, 11) is 1.79. The van der Waals surface area contributed by atoms with E-state index in [-0.39, 0.29) is 21.9 Å². The van der Waals surface area contributed by atoms with E-state index < -0.39 is 0 Å². The van der Waals surface area contributed by atoms with Gasteiger partial charge in [0.05, 0.1) is 17.8 Å². The fraction of sp³-hybridized carbons (Fsp3) is 0.500. The van der Waals surface area contributed by atoms with Crippen LogP contribution in [0.25, 0.3) is 10.8 Å². The summed E-state index contributed by atoms with van der Waals surface area (Å²) in [6, 6.07) is 7.82. The molecule has 6 rings (SSSR count). The van der Waals surface area contributed by atoms with Crippen molar-refractivity contribution in [3.63, 3.8) is 0 Å². The third-order valence-corrected chi connectivity index (χ3v) is 7.21. The van der Waals surface area contributed by atoms with E-state index in [1.54, 1.807) is 23.6 Å². The number of hydrogen-bond acceptors (Lipinski definition) is 5. The Bertz CT molecular complexity index is 1130. The molecule has 152 valence electrons. The van der Waals surface area contributed by atoms with Gasteiger partial charge in [-0.1, -0.05) is 29.3 Å². The molecule has 3 fully saturated rings. The van der Waals surface area contributed by atoms with E-state index in [1.165, 1.54) is 19.3 Å². The first-order valence-electron chi connectivity index (χ1n) is 10.2.